The van der Waals surface area contributed by atoms with Crippen molar-refractivity contribution in [1.82, 2.24) is 0 Å². The third kappa shape index (κ3) is 1.84. The average Bonchev–Trinajstić information content (AvgIpc) is 2.37. The van der Waals surface area contributed by atoms with Crippen LogP contribution in [0.15, 0.2) is 42.6 Å². The second-order valence-electron chi connectivity index (χ2n) is 3.18. The molecule has 1 aromatic carbocycles. The predicted octanol–water partition coefficient (Wildman–Crippen LogP) is 2.60. The minimum Gasteiger partial charge on any atom is -0.618 e. The highest BCUT2D eigenvalue weighted by Gasteiger charge is 2.09. The largest absolute Gasteiger partial charge is 0.618 e. The van der Waals surface area contributed by atoms with Gasteiger partial charge in [0.25, 0.3) is 0 Å². The highest BCUT2D eigenvalue weighted by atomic mass is 16.5. The molecule has 1 aromatic heterocycles. The van der Waals surface area contributed by atoms with Gasteiger partial charge in [0.2, 0.25) is 5.69 Å². The zero-order valence-corrected chi connectivity index (χ0v) is 7.90. The Hall–Kier alpha value is -1.83. The lowest BCUT2D eigenvalue weighted by Crippen LogP contribution is -2.29. The Morgan fingerprint density at radius 2 is 1.87 bits per heavy atom. The summed E-state index contributed by atoms with van der Waals surface area (Å²) in [7, 11) is 0. The Bertz CT molecular complexity index is 648. The summed E-state index contributed by atoms with van der Waals surface area (Å²) in [4.78, 5) is 0. The molecule has 0 atom stereocenters. The number of hydrogen-bond donors (Lipinski definition) is 0. The van der Waals surface area contributed by atoms with E-state index in [0.717, 1.165) is 12.3 Å². The number of nitrogens with zero attached hydrogens (tertiary/aromatic N) is 1. The summed E-state index contributed by atoms with van der Waals surface area (Å²) in [5.74, 6) is 0. The first-order chi connectivity index (χ1) is 9.60. The van der Waals surface area contributed by atoms with Crippen molar-refractivity contribution in [2.75, 3.05) is 0 Å². The van der Waals surface area contributed by atoms with E-state index in [1.165, 1.54) is 0 Å². The molecule has 2 nitrogen and oxygen atoms in total. The summed E-state index contributed by atoms with van der Waals surface area (Å²) in [6.45, 7) is -5.27. The second-order valence-corrected chi connectivity index (χ2v) is 3.18. The standard InChI is InChI=1S/C13H13NO/c1-10-8-13(14(15)9-11(10)2)12-6-4-3-5-7-12/h3-9H,1-2H3/i1D3,2D3. The highest BCUT2D eigenvalue weighted by molar-refractivity contribution is 5.56. The van der Waals surface area contributed by atoms with E-state index in [4.69, 9.17) is 8.22 Å². The molecule has 15 heavy (non-hydrogen) atoms. The number of benzene rings is 1. The molecule has 2 heteroatoms. The number of aromatic nitrogens is 1. The Morgan fingerprint density at radius 1 is 1.13 bits per heavy atom. The van der Waals surface area contributed by atoms with Gasteiger partial charge in [-0.05, 0) is 31.4 Å². The fraction of sp³-hybridized carbons (Fsp3) is 0.154. The fourth-order valence-electron chi connectivity index (χ4n) is 1.35. The Morgan fingerprint density at radius 3 is 2.53 bits per heavy atom. The molecule has 0 aliphatic rings. The lowest BCUT2D eigenvalue weighted by atomic mass is 10.1. The summed E-state index contributed by atoms with van der Waals surface area (Å²) in [5.41, 5.74) is -0.143. The maximum absolute atomic E-state index is 12.0. The van der Waals surface area contributed by atoms with Gasteiger partial charge in [0.15, 0.2) is 6.20 Å². The summed E-state index contributed by atoms with van der Waals surface area (Å²) in [6, 6.07) is 9.63. The van der Waals surface area contributed by atoms with Crippen LogP contribution in [0.4, 0.5) is 0 Å². The monoisotopic (exact) mass is 205 g/mol. The molecule has 1 heterocycles. The van der Waals surface area contributed by atoms with E-state index in [1.807, 2.05) is 0 Å². The smallest absolute Gasteiger partial charge is 0.224 e. The van der Waals surface area contributed by atoms with Crippen LogP contribution >= 0.6 is 0 Å². The first-order valence-electron chi connectivity index (χ1n) is 7.44. The van der Waals surface area contributed by atoms with Crippen molar-refractivity contribution in [3.63, 3.8) is 0 Å². The second kappa shape index (κ2) is 3.73. The SMILES string of the molecule is [2H]C([2H])([2H])c1cc(-c2ccccc2)[n+]([O-])cc1C([2H])([2H])[2H]. The van der Waals surface area contributed by atoms with Gasteiger partial charge in [-0.3, -0.25) is 0 Å². The molecule has 0 aliphatic carbocycles. The highest BCUT2D eigenvalue weighted by Crippen LogP contribution is 2.17. The topological polar surface area (TPSA) is 26.9 Å². The van der Waals surface area contributed by atoms with Crippen LogP contribution in [0.25, 0.3) is 11.3 Å². The minimum absolute atomic E-state index is 0.106. The van der Waals surface area contributed by atoms with Crippen molar-refractivity contribution in [2.45, 2.75) is 13.7 Å². The van der Waals surface area contributed by atoms with Gasteiger partial charge >= 0.3 is 0 Å². The molecule has 0 aliphatic heterocycles. The van der Waals surface area contributed by atoms with Gasteiger partial charge in [-0.15, -0.1) is 0 Å². The van der Waals surface area contributed by atoms with Gasteiger partial charge in [-0.1, -0.05) is 18.2 Å². The van der Waals surface area contributed by atoms with E-state index >= 15 is 0 Å². The lowest BCUT2D eigenvalue weighted by Gasteiger charge is -2.07. The molecule has 0 fully saturated rings. The maximum Gasteiger partial charge on any atom is 0.224 e. The van der Waals surface area contributed by atoms with Crippen LogP contribution in [-0.4, -0.2) is 0 Å². The predicted molar refractivity (Wildman–Crippen MR) is 60.3 cm³/mol. The molecule has 0 saturated heterocycles. The summed E-state index contributed by atoms with van der Waals surface area (Å²) in [5, 5.41) is 12.0. The van der Waals surface area contributed by atoms with Gasteiger partial charge in [-0.2, -0.15) is 4.73 Å². The summed E-state index contributed by atoms with van der Waals surface area (Å²) >= 11 is 0. The number of aryl methyl sites for hydroxylation is 2. The van der Waals surface area contributed by atoms with Gasteiger partial charge < -0.3 is 5.21 Å². The van der Waals surface area contributed by atoms with Crippen LogP contribution in [0.1, 0.15) is 19.4 Å². The van der Waals surface area contributed by atoms with E-state index < -0.39 is 19.3 Å². The van der Waals surface area contributed by atoms with E-state index in [9.17, 15) is 5.21 Å². The van der Waals surface area contributed by atoms with Crippen molar-refractivity contribution in [3.8, 4) is 11.3 Å². The van der Waals surface area contributed by atoms with Crippen LogP contribution in [0.5, 0.6) is 0 Å². The van der Waals surface area contributed by atoms with E-state index in [2.05, 4.69) is 0 Å². The fourth-order valence-corrected chi connectivity index (χ4v) is 1.35. The molecular weight excluding hydrogens is 186 g/mol. The van der Waals surface area contributed by atoms with Crippen molar-refractivity contribution >= 4 is 0 Å². The number of rotatable bonds is 1. The first kappa shape index (κ1) is 4.79. The quantitative estimate of drug-likeness (QED) is 0.519. The molecule has 0 saturated carbocycles. The van der Waals surface area contributed by atoms with Crippen molar-refractivity contribution in [1.29, 1.82) is 0 Å². The van der Waals surface area contributed by atoms with Gasteiger partial charge in [0, 0.05) is 25.4 Å². The van der Waals surface area contributed by atoms with Crippen LogP contribution in [0.3, 0.4) is 0 Å². The molecular formula is C13H13NO. The molecule has 2 rings (SSSR count). The molecule has 0 N–H and O–H groups in total. The van der Waals surface area contributed by atoms with Crippen LogP contribution in [-0.2, 0) is 0 Å². The van der Waals surface area contributed by atoms with Gasteiger partial charge in [0.1, 0.15) is 0 Å². The maximum atomic E-state index is 12.0. The molecule has 0 bridgehead atoms. The number of hydrogen-bond acceptors (Lipinski definition) is 1. The zero-order chi connectivity index (χ0) is 15.8. The molecule has 2 aromatic rings. The molecule has 0 radical (unpaired) electrons. The van der Waals surface area contributed by atoms with Crippen molar-refractivity contribution in [3.05, 3.63) is 58.9 Å². The van der Waals surface area contributed by atoms with Crippen LogP contribution < -0.4 is 4.73 Å². The molecule has 0 unspecified atom stereocenters. The molecule has 76 valence electrons. The van der Waals surface area contributed by atoms with E-state index in [-0.39, 0.29) is 11.3 Å². The third-order valence-corrected chi connectivity index (χ3v) is 2.12. The number of pyridine rings is 1. The van der Waals surface area contributed by atoms with Crippen LogP contribution in [0.2, 0.25) is 0 Å². The Balaban J connectivity index is 2.73. The summed E-state index contributed by atoms with van der Waals surface area (Å²) in [6.07, 6.45) is 0.830. The van der Waals surface area contributed by atoms with Crippen molar-refractivity contribution in [2.24, 2.45) is 0 Å². The normalized spacial score (nSPS) is 17.9. The zero-order valence-electron chi connectivity index (χ0n) is 13.9. The molecule has 0 spiro atoms. The van der Waals surface area contributed by atoms with Crippen molar-refractivity contribution < 1.29 is 13.0 Å². The molecule has 0 amide bonds. The Kier molecular flexibility index (Phi) is 1.19. The van der Waals surface area contributed by atoms with E-state index in [0.29, 0.717) is 10.3 Å². The summed E-state index contributed by atoms with van der Waals surface area (Å²) < 4.78 is 45.1. The van der Waals surface area contributed by atoms with Gasteiger partial charge in [-0.25, -0.2) is 0 Å². The van der Waals surface area contributed by atoms with E-state index in [1.54, 1.807) is 30.3 Å². The lowest BCUT2D eigenvalue weighted by molar-refractivity contribution is -0.594. The Labute approximate surface area is 97.8 Å². The third-order valence-electron chi connectivity index (χ3n) is 2.12. The van der Waals surface area contributed by atoms with Gasteiger partial charge in [0.05, 0.1) is 0 Å². The average molecular weight is 205 g/mol. The first-order valence-corrected chi connectivity index (χ1v) is 4.44. The van der Waals surface area contributed by atoms with Crippen LogP contribution in [0, 0.1) is 18.9 Å². The minimum atomic E-state index is -2.66.